The van der Waals surface area contributed by atoms with Crippen molar-refractivity contribution in [2.75, 3.05) is 12.0 Å². The lowest BCUT2D eigenvalue weighted by Gasteiger charge is -2.19. The first kappa shape index (κ1) is 32.0. The van der Waals surface area contributed by atoms with Gasteiger partial charge < -0.3 is 19.7 Å². The smallest absolute Gasteiger partial charge is 0.326 e. The van der Waals surface area contributed by atoms with E-state index in [-0.39, 0.29) is 36.3 Å². The van der Waals surface area contributed by atoms with Gasteiger partial charge in [0, 0.05) is 48.8 Å². The van der Waals surface area contributed by atoms with Gasteiger partial charge in [-0.1, -0.05) is 24.3 Å². The average Bonchev–Trinajstić information content (AvgIpc) is 3.64. The van der Waals surface area contributed by atoms with E-state index in [0.717, 1.165) is 22.5 Å². The molecular formula is C30H33FN4O6S2. The van der Waals surface area contributed by atoms with Gasteiger partial charge in [0.15, 0.2) is 0 Å². The molecule has 0 aliphatic heterocycles. The number of amides is 1. The van der Waals surface area contributed by atoms with E-state index in [1.807, 2.05) is 23.1 Å². The molecule has 1 amide bonds. The van der Waals surface area contributed by atoms with E-state index >= 15 is 0 Å². The summed E-state index contributed by atoms with van der Waals surface area (Å²) in [5.74, 6) is -2.69. The van der Waals surface area contributed by atoms with Crippen molar-refractivity contribution in [3.8, 4) is 0 Å². The van der Waals surface area contributed by atoms with Crippen LogP contribution in [0.2, 0.25) is 0 Å². The number of nitrogens with zero attached hydrogens (tertiary/aromatic N) is 3. The number of carboxylic acid groups (broad SMARTS) is 1. The zero-order chi connectivity index (χ0) is 31.0. The minimum atomic E-state index is -3.43. The number of nitrogens with one attached hydrogen (secondary N) is 1. The van der Waals surface area contributed by atoms with Crippen LogP contribution >= 0.6 is 11.3 Å². The highest BCUT2D eigenvalue weighted by Gasteiger charge is 2.24. The number of aryl methyl sites for hydroxylation is 3. The van der Waals surface area contributed by atoms with Crippen molar-refractivity contribution in [1.82, 2.24) is 19.9 Å². The maximum atomic E-state index is 13.5. The van der Waals surface area contributed by atoms with Crippen LogP contribution in [-0.2, 0) is 52.3 Å². The van der Waals surface area contributed by atoms with E-state index in [1.165, 1.54) is 23.5 Å². The van der Waals surface area contributed by atoms with Gasteiger partial charge in [-0.3, -0.25) is 4.79 Å². The quantitative estimate of drug-likeness (QED) is 0.202. The lowest BCUT2D eigenvalue weighted by Crippen LogP contribution is -2.42. The Bertz CT molecular complexity index is 1640. The Morgan fingerprint density at radius 1 is 1.14 bits per heavy atom. The summed E-state index contributed by atoms with van der Waals surface area (Å²) in [5.41, 5.74) is 3.43. The normalized spacial score (nSPS) is 13.0. The molecule has 0 saturated carbocycles. The minimum Gasteiger partial charge on any atom is -0.480 e. The van der Waals surface area contributed by atoms with E-state index in [0.29, 0.717) is 30.4 Å². The molecular weight excluding hydrogens is 595 g/mol. The first-order valence-corrected chi connectivity index (χ1v) is 16.5. The zero-order valence-electron chi connectivity index (χ0n) is 23.8. The molecule has 2 N–H and O–H groups in total. The van der Waals surface area contributed by atoms with Crippen molar-refractivity contribution in [3.63, 3.8) is 0 Å². The lowest BCUT2D eigenvalue weighted by molar-refractivity contribution is -0.139. The molecule has 13 heteroatoms. The fourth-order valence-electron chi connectivity index (χ4n) is 4.48. The predicted molar refractivity (Wildman–Crippen MR) is 160 cm³/mol. The van der Waals surface area contributed by atoms with Gasteiger partial charge in [-0.05, 0) is 54.2 Å². The lowest BCUT2D eigenvalue weighted by atomic mass is 9.97. The molecule has 0 saturated heterocycles. The molecule has 0 radical (unpaired) electrons. The van der Waals surface area contributed by atoms with Crippen molar-refractivity contribution in [2.24, 2.45) is 7.05 Å². The second-order valence-corrected chi connectivity index (χ2v) is 13.5. The number of rotatable bonds is 15. The number of aromatic nitrogens is 3. The fraction of sp³-hybridized carbons (Fsp3) is 0.333. The summed E-state index contributed by atoms with van der Waals surface area (Å²) in [4.78, 5) is 33.9. The molecule has 2 heterocycles. The first-order valence-electron chi connectivity index (χ1n) is 13.5. The van der Waals surface area contributed by atoms with Crippen LogP contribution in [0.1, 0.15) is 50.3 Å². The topological polar surface area (TPSA) is 140 Å². The maximum absolute atomic E-state index is 13.5. The molecule has 2 atom stereocenters. The summed E-state index contributed by atoms with van der Waals surface area (Å²) in [5, 5.41) is 14.8. The van der Waals surface area contributed by atoms with Crippen molar-refractivity contribution in [3.05, 3.63) is 105 Å². The number of thiazole rings is 1. The molecule has 43 heavy (non-hydrogen) atoms. The predicted octanol–water partition coefficient (Wildman–Crippen LogP) is 3.92. The molecule has 228 valence electrons. The van der Waals surface area contributed by atoms with Crippen LogP contribution in [0.4, 0.5) is 4.39 Å². The Morgan fingerprint density at radius 3 is 2.51 bits per heavy atom. The Morgan fingerprint density at radius 2 is 1.88 bits per heavy atom. The monoisotopic (exact) mass is 628 g/mol. The summed E-state index contributed by atoms with van der Waals surface area (Å²) in [7, 11) is -1.53. The highest BCUT2D eigenvalue weighted by Crippen LogP contribution is 2.26. The van der Waals surface area contributed by atoms with Crippen LogP contribution in [0.5, 0.6) is 0 Å². The molecule has 10 nitrogen and oxygen atoms in total. The van der Waals surface area contributed by atoms with Gasteiger partial charge in [-0.2, -0.15) is 0 Å². The van der Waals surface area contributed by atoms with Gasteiger partial charge in [0.05, 0.1) is 18.7 Å². The Balaban J connectivity index is 1.56. The van der Waals surface area contributed by atoms with Crippen molar-refractivity contribution in [2.45, 2.75) is 44.4 Å². The van der Waals surface area contributed by atoms with Gasteiger partial charge in [0.2, 0.25) is 0 Å². The number of hydrogen-bond donors (Lipinski definition) is 2. The molecule has 2 aromatic carbocycles. The number of benzene rings is 2. The summed E-state index contributed by atoms with van der Waals surface area (Å²) in [6.45, 7) is 0.150. The SMILES string of the molecule is Cn1cncc1CC(OCc1ccc(CCc2ccc(F)cc2)c(C(=O)N[C@@H](CCS(C)(=O)=O)C(=O)O)c1)c1nccs1. The van der Waals surface area contributed by atoms with E-state index < -0.39 is 27.8 Å². The van der Waals surface area contributed by atoms with Crippen molar-refractivity contribution < 1.29 is 32.2 Å². The number of carbonyl (C=O) groups is 2. The number of hydrogen-bond acceptors (Lipinski definition) is 8. The minimum absolute atomic E-state index is 0.150. The molecule has 0 spiro atoms. The van der Waals surface area contributed by atoms with Crippen molar-refractivity contribution in [1.29, 1.82) is 0 Å². The maximum Gasteiger partial charge on any atom is 0.326 e. The van der Waals surface area contributed by atoms with Crippen LogP contribution in [0.3, 0.4) is 0 Å². The Hall–Kier alpha value is -3.94. The number of imidazole rings is 1. The van der Waals surface area contributed by atoms with Crippen LogP contribution in [0.25, 0.3) is 0 Å². The summed E-state index contributed by atoms with van der Waals surface area (Å²) >= 11 is 1.47. The largest absolute Gasteiger partial charge is 0.480 e. The molecule has 4 aromatic rings. The molecule has 0 bridgehead atoms. The number of ether oxygens (including phenoxy) is 1. The van der Waals surface area contributed by atoms with Gasteiger partial charge >= 0.3 is 5.97 Å². The van der Waals surface area contributed by atoms with Gasteiger partial charge in [-0.25, -0.2) is 27.6 Å². The molecule has 0 aliphatic rings. The second kappa shape index (κ2) is 14.5. The summed E-state index contributed by atoms with van der Waals surface area (Å²) in [6, 6.07) is 9.99. The zero-order valence-corrected chi connectivity index (χ0v) is 25.4. The third-order valence-electron chi connectivity index (χ3n) is 6.88. The number of sulfone groups is 1. The highest BCUT2D eigenvalue weighted by molar-refractivity contribution is 7.90. The fourth-order valence-corrected chi connectivity index (χ4v) is 5.83. The van der Waals surface area contributed by atoms with Crippen LogP contribution in [0, 0.1) is 5.82 Å². The number of halogens is 1. The highest BCUT2D eigenvalue weighted by atomic mass is 32.2. The van der Waals surface area contributed by atoms with E-state index in [2.05, 4.69) is 15.3 Å². The second-order valence-electron chi connectivity index (χ2n) is 10.3. The Kier molecular flexibility index (Phi) is 10.8. The van der Waals surface area contributed by atoms with Crippen LogP contribution < -0.4 is 5.32 Å². The number of carbonyl (C=O) groups excluding carboxylic acids is 1. The van der Waals surface area contributed by atoms with E-state index in [9.17, 15) is 27.5 Å². The van der Waals surface area contributed by atoms with E-state index in [4.69, 9.17) is 4.74 Å². The summed E-state index contributed by atoms with van der Waals surface area (Å²) < 4.78 is 44.8. The number of carboxylic acids is 1. The third kappa shape index (κ3) is 9.53. The first-order chi connectivity index (χ1) is 20.5. The molecule has 0 fully saturated rings. The molecule has 4 rings (SSSR count). The molecule has 1 unspecified atom stereocenters. The van der Waals surface area contributed by atoms with Gasteiger partial charge in [0.25, 0.3) is 5.91 Å². The van der Waals surface area contributed by atoms with Crippen molar-refractivity contribution >= 4 is 33.1 Å². The average molecular weight is 629 g/mol. The molecule has 2 aromatic heterocycles. The van der Waals surface area contributed by atoms with Gasteiger partial charge in [-0.15, -0.1) is 11.3 Å². The molecule has 0 aliphatic carbocycles. The number of aliphatic carboxylic acids is 1. The standard InChI is InChI=1S/C30H33FN4O6S2/c1-35-19-32-17-24(35)16-27(29-33-12-13-42-29)41-18-21-4-8-22(7-3-20-5-9-23(31)10-6-20)25(15-21)28(36)34-26(30(37)38)11-14-43(2,39)40/h4-6,8-10,12-13,15,17,19,26-27H,3,7,11,14,16,18H2,1-2H3,(H,34,36)(H,37,38)/t26-,27?/m0/s1. The van der Waals surface area contributed by atoms with Crippen LogP contribution in [0.15, 0.2) is 66.6 Å². The Labute approximate surface area is 253 Å². The summed E-state index contributed by atoms with van der Waals surface area (Å²) in [6.07, 6.45) is 7.05. The van der Waals surface area contributed by atoms with Crippen LogP contribution in [-0.4, -0.2) is 58.0 Å². The van der Waals surface area contributed by atoms with E-state index in [1.54, 1.807) is 43.0 Å². The van der Waals surface area contributed by atoms with Gasteiger partial charge in [0.1, 0.15) is 32.8 Å². The third-order valence-corrected chi connectivity index (χ3v) is 8.73.